The Kier molecular flexibility index (Phi) is 5.84. The molecular weight excluding hydrogens is 364 g/mol. The number of hydrogen-bond acceptors (Lipinski definition) is 6. The van der Waals surface area contributed by atoms with Gasteiger partial charge < -0.3 is 10.2 Å². The van der Waals surface area contributed by atoms with E-state index in [1.807, 2.05) is 25.1 Å². The van der Waals surface area contributed by atoms with E-state index in [1.54, 1.807) is 6.20 Å². The van der Waals surface area contributed by atoms with Crippen molar-refractivity contribution in [2.75, 3.05) is 29.9 Å². The van der Waals surface area contributed by atoms with Gasteiger partial charge in [0.2, 0.25) is 11.9 Å². The summed E-state index contributed by atoms with van der Waals surface area (Å²) < 4.78 is 0. The van der Waals surface area contributed by atoms with Crippen LogP contribution in [0.4, 0.5) is 11.9 Å². The zero-order chi connectivity index (χ0) is 20.1. The average molecular weight is 390 g/mol. The largest absolute Gasteiger partial charge is 0.355 e. The molecule has 0 saturated carbocycles. The fourth-order valence-electron chi connectivity index (χ4n) is 3.60. The minimum atomic E-state index is -0.197. The first-order valence-corrected chi connectivity index (χ1v) is 10.2. The molecule has 0 aliphatic carbocycles. The van der Waals surface area contributed by atoms with E-state index in [0.717, 1.165) is 36.7 Å². The first-order chi connectivity index (χ1) is 14.2. The van der Waals surface area contributed by atoms with Crippen molar-refractivity contribution in [2.24, 2.45) is 0 Å². The van der Waals surface area contributed by atoms with Crippen LogP contribution in [0, 0.1) is 6.92 Å². The second-order valence-corrected chi connectivity index (χ2v) is 7.36. The summed E-state index contributed by atoms with van der Waals surface area (Å²) in [6, 6.07) is 11.7. The summed E-state index contributed by atoms with van der Waals surface area (Å²) in [6.07, 6.45) is 6.25. The SMILES string of the molecule is Cc1nc(N2CCCCC2)ncc1-c1cc(=O)[nH]c(NCCc2ccccc2)n1. The highest BCUT2D eigenvalue weighted by atomic mass is 16.1. The van der Waals surface area contributed by atoms with Gasteiger partial charge in [-0.25, -0.2) is 15.0 Å². The number of aromatic nitrogens is 4. The van der Waals surface area contributed by atoms with Gasteiger partial charge in [-0.2, -0.15) is 0 Å². The molecule has 2 N–H and O–H groups in total. The maximum absolute atomic E-state index is 12.2. The number of aryl methyl sites for hydroxylation is 1. The normalized spacial score (nSPS) is 14.0. The van der Waals surface area contributed by atoms with Crippen molar-refractivity contribution >= 4 is 11.9 Å². The van der Waals surface area contributed by atoms with Crippen molar-refractivity contribution in [3.63, 3.8) is 0 Å². The highest BCUT2D eigenvalue weighted by Gasteiger charge is 2.16. The molecule has 1 saturated heterocycles. The van der Waals surface area contributed by atoms with Gasteiger partial charge in [-0.1, -0.05) is 30.3 Å². The number of benzene rings is 1. The van der Waals surface area contributed by atoms with Crippen molar-refractivity contribution < 1.29 is 0 Å². The fourth-order valence-corrected chi connectivity index (χ4v) is 3.60. The Morgan fingerprint density at radius 2 is 1.90 bits per heavy atom. The third-order valence-corrected chi connectivity index (χ3v) is 5.17. The van der Waals surface area contributed by atoms with E-state index in [4.69, 9.17) is 0 Å². The van der Waals surface area contributed by atoms with Gasteiger partial charge in [0.15, 0.2) is 0 Å². The van der Waals surface area contributed by atoms with Crippen molar-refractivity contribution in [1.82, 2.24) is 19.9 Å². The molecule has 2 aromatic heterocycles. The Bertz CT molecular complexity index is 1010. The second-order valence-electron chi connectivity index (χ2n) is 7.36. The van der Waals surface area contributed by atoms with Crippen LogP contribution in [0.25, 0.3) is 11.3 Å². The second kappa shape index (κ2) is 8.86. The molecular formula is C22H26N6O. The van der Waals surface area contributed by atoms with Gasteiger partial charge in [-0.05, 0) is 38.2 Å². The minimum absolute atomic E-state index is 0.197. The van der Waals surface area contributed by atoms with Crippen molar-refractivity contribution in [3.8, 4) is 11.3 Å². The summed E-state index contributed by atoms with van der Waals surface area (Å²) in [5.74, 6) is 1.22. The quantitative estimate of drug-likeness (QED) is 0.672. The van der Waals surface area contributed by atoms with E-state index in [-0.39, 0.29) is 5.56 Å². The molecule has 3 heterocycles. The zero-order valence-corrected chi connectivity index (χ0v) is 16.7. The van der Waals surface area contributed by atoms with Crippen LogP contribution in [0.1, 0.15) is 30.5 Å². The highest BCUT2D eigenvalue weighted by Crippen LogP contribution is 2.22. The van der Waals surface area contributed by atoms with Gasteiger partial charge >= 0.3 is 0 Å². The molecule has 4 rings (SSSR count). The van der Waals surface area contributed by atoms with Crippen molar-refractivity contribution in [3.05, 3.63) is 64.2 Å². The number of nitrogens with one attached hydrogen (secondary N) is 2. The molecule has 0 amide bonds. The lowest BCUT2D eigenvalue weighted by atomic mass is 10.1. The molecule has 29 heavy (non-hydrogen) atoms. The first kappa shape index (κ1) is 19.1. The number of H-pyrrole nitrogens is 1. The van der Waals surface area contributed by atoms with E-state index in [2.05, 4.69) is 42.3 Å². The molecule has 1 aromatic carbocycles. The number of anilines is 2. The van der Waals surface area contributed by atoms with Crippen LogP contribution in [0.2, 0.25) is 0 Å². The Morgan fingerprint density at radius 3 is 2.66 bits per heavy atom. The van der Waals surface area contributed by atoms with Crippen LogP contribution in [0.15, 0.2) is 47.4 Å². The highest BCUT2D eigenvalue weighted by molar-refractivity contribution is 5.62. The van der Waals surface area contributed by atoms with Crippen LogP contribution in [0.5, 0.6) is 0 Å². The predicted octanol–water partition coefficient (Wildman–Crippen LogP) is 3.18. The standard InChI is InChI=1S/C22H26N6O/c1-16-18(15-24-22(25-16)28-12-6-3-7-13-28)19-14-20(29)27-21(26-19)23-11-10-17-8-4-2-5-9-17/h2,4-5,8-9,14-15H,3,6-7,10-13H2,1H3,(H2,23,26,27,29). The number of aromatic amines is 1. The minimum Gasteiger partial charge on any atom is -0.355 e. The third kappa shape index (κ3) is 4.80. The van der Waals surface area contributed by atoms with Crippen LogP contribution in [0.3, 0.4) is 0 Å². The molecule has 0 unspecified atom stereocenters. The summed E-state index contributed by atoms with van der Waals surface area (Å²) in [5, 5.41) is 3.21. The maximum Gasteiger partial charge on any atom is 0.252 e. The average Bonchev–Trinajstić information content (AvgIpc) is 2.75. The van der Waals surface area contributed by atoms with Crippen LogP contribution in [-0.2, 0) is 6.42 Å². The molecule has 1 aliphatic rings. The first-order valence-electron chi connectivity index (χ1n) is 10.2. The molecule has 0 atom stereocenters. The molecule has 0 bridgehead atoms. The lowest BCUT2D eigenvalue weighted by Gasteiger charge is -2.26. The molecule has 3 aromatic rings. The van der Waals surface area contributed by atoms with E-state index in [9.17, 15) is 4.79 Å². The van der Waals surface area contributed by atoms with Gasteiger partial charge in [0.25, 0.3) is 5.56 Å². The van der Waals surface area contributed by atoms with Gasteiger partial charge in [0, 0.05) is 37.5 Å². The van der Waals surface area contributed by atoms with E-state index < -0.39 is 0 Å². The molecule has 1 fully saturated rings. The summed E-state index contributed by atoms with van der Waals surface area (Å²) in [6.45, 7) is 4.62. The zero-order valence-electron chi connectivity index (χ0n) is 16.7. The third-order valence-electron chi connectivity index (χ3n) is 5.17. The van der Waals surface area contributed by atoms with Gasteiger partial charge in [-0.15, -0.1) is 0 Å². The van der Waals surface area contributed by atoms with Crippen molar-refractivity contribution in [1.29, 1.82) is 0 Å². The Morgan fingerprint density at radius 1 is 1.10 bits per heavy atom. The topological polar surface area (TPSA) is 86.8 Å². The van der Waals surface area contributed by atoms with Crippen LogP contribution in [-0.4, -0.2) is 39.6 Å². The van der Waals surface area contributed by atoms with Crippen molar-refractivity contribution in [2.45, 2.75) is 32.6 Å². The molecule has 7 nitrogen and oxygen atoms in total. The number of hydrogen-bond donors (Lipinski definition) is 2. The summed E-state index contributed by atoms with van der Waals surface area (Å²) in [5.41, 5.74) is 3.23. The maximum atomic E-state index is 12.2. The summed E-state index contributed by atoms with van der Waals surface area (Å²) >= 11 is 0. The van der Waals surface area contributed by atoms with Gasteiger partial charge in [0.05, 0.1) is 11.4 Å². The smallest absolute Gasteiger partial charge is 0.252 e. The monoisotopic (exact) mass is 390 g/mol. The molecule has 1 aliphatic heterocycles. The van der Waals surface area contributed by atoms with Crippen LogP contribution >= 0.6 is 0 Å². The Hall–Kier alpha value is -3.22. The van der Waals surface area contributed by atoms with E-state index >= 15 is 0 Å². The lowest BCUT2D eigenvalue weighted by Crippen LogP contribution is -2.31. The van der Waals surface area contributed by atoms with E-state index in [0.29, 0.717) is 18.2 Å². The van der Waals surface area contributed by atoms with Gasteiger partial charge in [-0.3, -0.25) is 9.78 Å². The van der Waals surface area contributed by atoms with E-state index in [1.165, 1.54) is 30.9 Å². The fraction of sp³-hybridized carbons (Fsp3) is 0.364. The van der Waals surface area contributed by atoms with Gasteiger partial charge in [0.1, 0.15) is 0 Å². The Balaban J connectivity index is 1.50. The summed E-state index contributed by atoms with van der Waals surface area (Å²) in [7, 11) is 0. The number of piperidine rings is 1. The predicted molar refractivity (Wildman–Crippen MR) is 115 cm³/mol. The number of nitrogens with zero attached hydrogens (tertiary/aromatic N) is 4. The lowest BCUT2D eigenvalue weighted by molar-refractivity contribution is 0.568. The molecule has 150 valence electrons. The Labute approximate surface area is 170 Å². The number of rotatable bonds is 6. The van der Waals surface area contributed by atoms with Crippen LogP contribution < -0.4 is 15.8 Å². The molecule has 7 heteroatoms. The summed E-state index contributed by atoms with van der Waals surface area (Å²) in [4.78, 5) is 30.9. The molecule has 0 spiro atoms. The molecule has 0 radical (unpaired) electrons.